The van der Waals surface area contributed by atoms with E-state index >= 15 is 0 Å². The van der Waals surface area contributed by atoms with Crippen molar-refractivity contribution in [2.45, 2.75) is 64.8 Å². The predicted octanol–water partition coefficient (Wildman–Crippen LogP) is 3.23. The molecule has 1 aliphatic heterocycles. The third-order valence-corrected chi connectivity index (χ3v) is 5.60. The van der Waals surface area contributed by atoms with E-state index in [9.17, 15) is 9.18 Å². The van der Waals surface area contributed by atoms with Gasteiger partial charge in [-0.05, 0) is 58.1 Å². The average Bonchev–Trinajstić information content (AvgIpc) is 3.27. The number of hydrogen-bond donors (Lipinski definition) is 2. The summed E-state index contributed by atoms with van der Waals surface area (Å²) in [6, 6.07) is -0.616. The number of pyridine rings is 1. The number of rotatable bonds is 3. The zero-order valence-electron chi connectivity index (χ0n) is 18.2. The van der Waals surface area contributed by atoms with Crippen molar-refractivity contribution in [1.82, 2.24) is 19.9 Å². The van der Waals surface area contributed by atoms with E-state index in [-0.39, 0.29) is 13.1 Å². The molecule has 0 aromatic carbocycles. The van der Waals surface area contributed by atoms with E-state index in [2.05, 4.69) is 27.5 Å². The Balaban J connectivity index is 1.58. The maximum Gasteiger partial charge on any atom is 0.410 e. The minimum Gasteiger partial charge on any atom is -0.444 e. The summed E-state index contributed by atoms with van der Waals surface area (Å²) in [6.07, 6.45) is 1.31. The van der Waals surface area contributed by atoms with E-state index in [0.717, 1.165) is 35.9 Å². The summed E-state index contributed by atoms with van der Waals surface area (Å²) >= 11 is 0. The Hall–Kier alpha value is -2.71. The Morgan fingerprint density at radius 3 is 2.67 bits per heavy atom. The molecule has 30 heavy (non-hydrogen) atoms. The van der Waals surface area contributed by atoms with E-state index < -0.39 is 23.9 Å². The van der Waals surface area contributed by atoms with Crippen molar-refractivity contribution < 1.29 is 13.9 Å². The minimum atomic E-state index is -1.25. The molecule has 4 rings (SSSR count). The summed E-state index contributed by atoms with van der Waals surface area (Å²) in [5.74, 6) is 0.968. The Morgan fingerprint density at radius 2 is 1.97 bits per heavy atom. The van der Waals surface area contributed by atoms with E-state index in [0.29, 0.717) is 17.4 Å². The number of aromatic nitrogens is 3. The van der Waals surface area contributed by atoms with Crippen molar-refractivity contribution in [1.29, 1.82) is 0 Å². The van der Waals surface area contributed by atoms with Crippen molar-refractivity contribution in [3.8, 4) is 0 Å². The number of halogens is 1. The first-order chi connectivity index (χ1) is 14.2. The summed E-state index contributed by atoms with van der Waals surface area (Å²) < 4.78 is 20.0. The number of anilines is 2. The van der Waals surface area contributed by atoms with Crippen LogP contribution < -0.4 is 10.6 Å². The molecule has 0 bridgehead atoms. The number of nitrogens with one attached hydrogen (secondary N) is 2. The predicted molar refractivity (Wildman–Crippen MR) is 114 cm³/mol. The molecular weight excluding hydrogens is 387 g/mol. The molecule has 1 amide bonds. The highest BCUT2D eigenvalue weighted by atomic mass is 19.1. The second-order valence-corrected chi connectivity index (χ2v) is 9.01. The van der Waals surface area contributed by atoms with Gasteiger partial charge < -0.3 is 20.3 Å². The summed E-state index contributed by atoms with van der Waals surface area (Å²) in [4.78, 5) is 27.5. The third-order valence-electron chi connectivity index (χ3n) is 5.60. The van der Waals surface area contributed by atoms with Crippen LogP contribution in [0.3, 0.4) is 0 Å². The van der Waals surface area contributed by atoms with Gasteiger partial charge in [0, 0.05) is 19.3 Å². The van der Waals surface area contributed by atoms with Gasteiger partial charge in [0.05, 0.1) is 18.0 Å². The molecule has 162 valence electrons. The van der Waals surface area contributed by atoms with Crippen LogP contribution in [0.1, 0.15) is 44.0 Å². The van der Waals surface area contributed by atoms with Crippen LogP contribution in [0.25, 0.3) is 11.0 Å². The normalized spacial score (nSPS) is 21.1. The largest absolute Gasteiger partial charge is 0.444 e. The molecule has 2 atom stereocenters. The number of hydrogen-bond acceptors (Lipinski definition) is 7. The highest BCUT2D eigenvalue weighted by Gasteiger charge is 2.38. The SMILES string of the molecule is CNc1nc(N[C@H]2CN(C(=O)OC(C)(C)C)C[C@H]2F)nc2nc3c(c(C)c12)CCC3. The number of carbonyl (C=O) groups excluding carboxylic acids is 1. The number of nitrogens with zero attached hydrogens (tertiary/aromatic N) is 4. The molecule has 0 unspecified atom stereocenters. The van der Waals surface area contributed by atoms with Gasteiger partial charge in [0.25, 0.3) is 0 Å². The van der Waals surface area contributed by atoms with Gasteiger partial charge >= 0.3 is 6.09 Å². The first kappa shape index (κ1) is 20.6. The summed E-state index contributed by atoms with van der Waals surface area (Å²) in [5.41, 5.74) is 3.51. The Morgan fingerprint density at radius 1 is 1.20 bits per heavy atom. The molecule has 2 aliphatic rings. The summed E-state index contributed by atoms with van der Waals surface area (Å²) in [5, 5.41) is 7.09. The van der Waals surface area contributed by atoms with Gasteiger partial charge in [-0.2, -0.15) is 9.97 Å². The molecule has 3 heterocycles. The van der Waals surface area contributed by atoms with Gasteiger partial charge in [0.2, 0.25) is 5.95 Å². The van der Waals surface area contributed by atoms with Gasteiger partial charge in [-0.25, -0.2) is 14.2 Å². The second-order valence-electron chi connectivity index (χ2n) is 9.01. The maximum atomic E-state index is 14.7. The monoisotopic (exact) mass is 416 g/mol. The molecule has 0 spiro atoms. The van der Waals surface area contributed by atoms with Crippen molar-refractivity contribution in [3.63, 3.8) is 0 Å². The quantitative estimate of drug-likeness (QED) is 0.794. The number of ether oxygens (including phenoxy) is 1. The molecule has 0 radical (unpaired) electrons. The van der Waals surface area contributed by atoms with E-state index in [1.54, 1.807) is 27.8 Å². The molecule has 1 saturated heterocycles. The van der Waals surface area contributed by atoms with Gasteiger partial charge in [-0.15, -0.1) is 0 Å². The highest BCUT2D eigenvalue weighted by molar-refractivity contribution is 5.91. The number of alkyl halides is 1. The van der Waals surface area contributed by atoms with Gasteiger partial charge in [0.15, 0.2) is 5.65 Å². The zero-order chi connectivity index (χ0) is 21.6. The lowest BCUT2D eigenvalue weighted by molar-refractivity contribution is 0.0283. The number of aryl methyl sites for hydroxylation is 2. The van der Waals surface area contributed by atoms with Crippen LogP contribution >= 0.6 is 0 Å². The Labute approximate surface area is 175 Å². The Bertz CT molecular complexity index is 990. The molecule has 8 nitrogen and oxygen atoms in total. The molecular formula is C21H29FN6O2. The molecule has 0 saturated carbocycles. The fourth-order valence-electron chi connectivity index (χ4n) is 4.20. The molecule has 9 heteroatoms. The topological polar surface area (TPSA) is 92.3 Å². The van der Waals surface area contributed by atoms with Crippen molar-refractivity contribution in [3.05, 3.63) is 16.8 Å². The first-order valence-electron chi connectivity index (χ1n) is 10.4. The highest BCUT2D eigenvalue weighted by Crippen LogP contribution is 2.32. The van der Waals surface area contributed by atoms with Gasteiger partial charge in [-0.1, -0.05) is 0 Å². The lowest BCUT2D eigenvalue weighted by Gasteiger charge is -2.24. The van der Waals surface area contributed by atoms with E-state index in [1.807, 2.05) is 0 Å². The molecule has 2 aromatic rings. The van der Waals surface area contributed by atoms with Crippen LogP contribution in [-0.2, 0) is 17.6 Å². The fourth-order valence-corrected chi connectivity index (χ4v) is 4.20. The minimum absolute atomic E-state index is 0.0239. The smallest absolute Gasteiger partial charge is 0.410 e. The number of likely N-dealkylation sites (tertiary alicyclic amines) is 1. The Kier molecular flexibility index (Phi) is 5.15. The van der Waals surface area contributed by atoms with Crippen LogP contribution in [0.5, 0.6) is 0 Å². The zero-order valence-corrected chi connectivity index (χ0v) is 18.2. The van der Waals surface area contributed by atoms with Crippen molar-refractivity contribution in [2.75, 3.05) is 30.8 Å². The van der Waals surface area contributed by atoms with E-state index in [1.165, 1.54) is 10.5 Å². The van der Waals surface area contributed by atoms with Crippen molar-refractivity contribution in [2.24, 2.45) is 0 Å². The third kappa shape index (κ3) is 3.85. The van der Waals surface area contributed by atoms with Crippen LogP contribution in [0.2, 0.25) is 0 Å². The first-order valence-corrected chi connectivity index (χ1v) is 10.4. The molecule has 2 aromatic heterocycles. The van der Waals surface area contributed by atoms with E-state index in [4.69, 9.17) is 9.72 Å². The van der Waals surface area contributed by atoms with Crippen molar-refractivity contribution >= 4 is 28.9 Å². The van der Waals surface area contributed by atoms with Crippen LogP contribution in [0.15, 0.2) is 0 Å². The lowest BCUT2D eigenvalue weighted by Crippen LogP contribution is -2.36. The average molecular weight is 417 g/mol. The lowest BCUT2D eigenvalue weighted by atomic mass is 10.1. The second kappa shape index (κ2) is 7.52. The molecule has 2 N–H and O–H groups in total. The molecule has 1 fully saturated rings. The maximum absolute atomic E-state index is 14.7. The molecule has 1 aliphatic carbocycles. The summed E-state index contributed by atoms with van der Waals surface area (Å²) in [6.45, 7) is 7.61. The number of fused-ring (bicyclic) bond motifs is 2. The van der Waals surface area contributed by atoms with Crippen LogP contribution in [0.4, 0.5) is 21.0 Å². The van der Waals surface area contributed by atoms with Gasteiger partial charge in [-0.3, -0.25) is 0 Å². The van der Waals surface area contributed by atoms with Crippen LogP contribution in [0, 0.1) is 6.92 Å². The number of carbonyl (C=O) groups is 1. The number of amides is 1. The van der Waals surface area contributed by atoms with Gasteiger partial charge in [0.1, 0.15) is 17.6 Å². The fraction of sp³-hybridized carbons (Fsp3) is 0.619. The van der Waals surface area contributed by atoms with Crippen LogP contribution in [-0.4, -0.2) is 63.9 Å². The standard InChI is InChI=1S/C21H29FN6O2/c1-11-12-7-6-8-14(12)24-18-16(11)17(23-5)26-19(27-18)25-15-10-28(9-13(15)22)20(29)30-21(2,3)4/h13,15H,6-10H2,1-5H3,(H2,23,24,25,26,27)/t13-,15+/m1/s1. The summed E-state index contributed by atoms with van der Waals surface area (Å²) in [7, 11) is 1.80.